The summed E-state index contributed by atoms with van der Waals surface area (Å²) in [6.07, 6.45) is 1.98. The second-order valence-corrected chi connectivity index (χ2v) is 6.09. The highest BCUT2D eigenvalue weighted by atomic mass is 32.2. The van der Waals surface area contributed by atoms with Gasteiger partial charge in [0.25, 0.3) is 10.0 Å². The Morgan fingerprint density at radius 2 is 2.10 bits per heavy atom. The third-order valence-electron chi connectivity index (χ3n) is 2.41. The maximum Gasteiger partial charge on any atom is 0.342 e. The number of H-pyrrole nitrogens is 1. The van der Waals surface area contributed by atoms with Crippen molar-refractivity contribution in [2.24, 2.45) is 11.1 Å². The van der Waals surface area contributed by atoms with Gasteiger partial charge in [0, 0.05) is 6.61 Å². The van der Waals surface area contributed by atoms with Gasteiger partial charge in [-0.15, -0.1) is 0 Å². The molecule has 0 atom stereocenters. The number of carbonyl (C=O) groups excluding carboxylic acids is 1. The van der Waals surface area contributed by atoms with Crippen molar-refractivity contribution in [1.29, 1.82) is 0 Å². The predicted molar refractivity (Wildman–Crippen MR) is 70.5 cm³/mol. The Morgan fingerprint density at radius 3 is 2.70 bits per heavy atom. The van der Waals surface area contributed by atoms with Crippen LogP contribution in [0.25, 0.3) is 0 Å². The molecule has 0 bridgehead atoms. The number of aromatic amines is 1. The Kier molecular flexibility index (Phi) is 6.11. The number of hydrogen-bond donors (Lipinski definition) is 2. The lowest BCUT2D eigenvalue weighted by atomic mass is 10.1. The van der Waals surface area contributed by atoms with Crippen LogP contribution in [-0.2, 0) is 19.5 Å². The van der Waals surface area contributed by atoms with E-state index in [9.17, 15) is 13.2 Å². The average Bonchev–Trinajstić information content (AvgIpc) is 2.81. The molecule has 3 N–H and O–H groups in total. The van der Waals surface area contributed by atoms with E-state index in [0.29, 0.717) is 12.5 Å². The van der Waals surface area contributed by atoms with Gasteiger partial charge in [-0.25, -0.2) is 18.4 Å². The number of nitrogens with two attached hydrogens (primary N) is 1. The standard InChI is InChI=1S/C11H19N3O5S/c1-8(2)3-4-18-5-6-19-11(15)9-7-13-14-10(9)20(12,16)17/h7-8H,3-6H2,1-2H3,(H,13,14)(H2,12,16,17). The smallest absolute Gasteiger partial charge is 0.342 e. The Bertz CT molecular complexity index is 538. The topological polar surface area (TPSA) is 124 Å². The summed E-state index contributed by atoms with van der Waals surface area (Å²) in [4.78, 5) is 11.7. The molecule has 0 saturated carbocycles. The van der Waals surface area contributed by atoms with Gasteiger partial charge in [0.2, 0.25) is 0 Å². The van der Waals surface area contributed by atoms with Gasteiger partial charge in [-0.2, -0.15) is 5.10 Å². The van der Waals surface area contributed by atoms with Crippen LogP contribution in [0.15, 0.2) is 11.2 Å². The molecule has 0 amide bonds. The van der Waals surface area contributed by atoms with Gasteiger partial charge in [-0.05, 0) is 12.3 Å². The second kappa shape index (κ2) is 7.36. The molecule has 1 heterocycles. The van der Waals surface area contributed by atoms with Crippen LogP contribution in [0, 0.1) is 5.92 Å². The minimum Gasteiger partial charge on any atom is -0.460 e. The first-order valence-corrected chi connectivity index (χ1v) is 7.68. The molecule has 0 spiro atoms. The van der Waals surface area contributed by atoms with Crippen LogP contribution in [0.4, 0.5) is 0 Å². The van der Waals surface area contributed by atoms with Crippen molar-refractivity contribution in [3.63, 3.8) is 0 Å². The highest BCUT2D eigenvalue weighted by Crippen LogP contribution is 2.11. The molecule has 0 aliphatic carbocycles. The molecule has 8 nitrogen and oxygen atoms in total. The van der Waals surface area contributed by atoms with Crippen LogP contribution < -0.4 is 5.14 Å². The SMILES string of the molecule is CC(C)CCOCCOC(=O)c1cn[nH]c1S(N)(=O)=O. The molecule has 0 aliphatic rings. The zero-order valence-electron chi connectivity index (χ0n) is 11.5. The maximum atomic E-state index is 11.7. The summed E-state index contributed by atoms with van der Waals surface area (Å²) >= 11 is 0. The monoisotopic (exact) mass is 305 g/mol. The summed E-state index contributed by atoms with van der Waals surface area (Å²) in [5.41, 5.74) is -0.213. The number of primary sulfonamides is 1. The molecule has 20 heavy (non-hydrogen) atoms. The zero-order chi connectivity index (χ0) is 15.2. The highest BCUT2D eigenvalue weighted by Gasteiger charge is 2.22. The summed E-state index contributed by atoms with van der Waals surface area (Å²) in [5, 5.41) is 10.1. The second-order valence-electron chi connectivity index (χ2n) is 4.59. The highest BCUT2D eigenvalue weighted by molar-refractivity contribution is 7.89. The largest absolute Gasteiger partial charge is 0.460 e. The normalized spacial score (nSPS) is 11.8. The van der Waals surface area contributed by atoms with Crippen LogP contribution in [0.1, 0.15) is 30.6 Å². The lowest BCUT2D eigenvalue weighted by Gasteiger charge is -2.07. The molecule has 0 aromatic carbocycles. The molecule has 1 rings (SSSR count). The number of nitrogens with zero attached hydrogens (tertiary/aromatic N) is 1. The number of rotatable bonds is 8. The van der Waals surface area contributed by atoms with Gasteiger partial charge < -0.3 is 9.47 Å². The van der Waals surface area contributed by atoms with Gasteiger partial charge in [-0.3, -0.25) is 5.10 Å². The number of aromatic nitrogens is 2. The van der Waals surface area contributed by atoms with Gasteiger partial charge in [0.05, 0.1) is 12.8 Å². The Hall–Kier alpha value is -1.45. The van der Waals surface area contributed by atoms with Crippen molar-refractivity contribution in [3.05, 3.63) is 11.8 Å². The molecular formula is C11H19N3O5S. The van der Waals surface area contributed by atoms with E-state index >= 15 is 0 Å². The van der Waals surface area contributed by atoms with Gasteiger partial charge in [0.15, 0.2) is 5.03 Å². The zero-order valence-corrected chi connectivity index (χ0v) is 12.3. The summed E-state index contributed by atoms with van der Waals surface area (Å²) in [6.45, 7) is 5.03. The quantitative estimate of drug-likeness (QED) is 0.525. The fourth-order valence-electron chi connectivity index (χ4n) is 1.33. The first kappa shape index (κ1) is 16.6. The van der Waals surface area contributed by atoms with Crippen molar-refractivity contribution < 1.29 is 22.7 Å². The van der Waals surface area contributed by atoms with E-state index in [1.165, 1.54) is 0 Å². The number of esters is 1. The number of nitrogens with one attached hydrogen (secondary N) is 1. The molecular weight excluding hydrogens is 286 g/mol. The van der Waals surface area contributed by atoms with Gasteiger partial charge in [0.1, 0.15) is 12.2 Å². The first-order chi connectivity index (χ1) is 9.32. The van der Waals surface area contributed by atoms with E-state index in [1.807, 2.05) is 0 Å². The summed E-state index contributed by atoms with van der Waals surface area (Å²) in [7, 11) is -4.03. The predicted octanol–water partition coefficient (Wildman–Crippen LogP) is 0.277. The lowest BCUT2D eigenvalue weighted by molar-refractivity contribution is 0.0299. The number of sulfonamides is 1. The van der Waals surface area contributed by atoms with Gasteiger partial charge >= 0.3 is 5.97 Å². The van der Waals surface area contributed by atoms with Crippen LogP contribution >= 0.6 is 0 Å². The molecule has 0 aliphatic heterocycles. The molecule has 114 valence electrons. The van der Waals surface area contributed by atoms with Crippen molar-refractivity contribution in [1.82, 2.24) is 10.2 Å². The minimum absolute atomic E-state index is 0.0339. The number of carbonyl (C=O) groups is 1. The maximum absolute atomic E-state index is 11.7. The van der Waals surface area contributed by atoms with Crippen molar-refractivity contribution in [2.45, 2.75) is 25.3 Å². The molecule has 1 aromatic rings. The van der Waals surface area contributed by atoms with E-state index in [-0.39, 0.29) is 18.8 Å². The Labute approximate surface area is 117 Å². The molecule has 0 fully saturated rings. The molecule has 1 aromatic heterocycles. The van der Waals surface area contributed by atoms with Crippen molar-refractivity contribution in [2.75, 3.05) is 19.8 Å². The molecule has 9 heteroatoms. The molecule has 0 unspecified atom stereocenters. The lowest BCUT2D eigenvalue weighted by Crippen LogP contribution is -2.18. The van der Waals surface area contributed by atoms with E-state index < -0.39 is 21.0 Å². The number of hydrogen-bond acceptors (Lipinski definition) is 6. The summed E-state index contributed by atoms with van der Waals surface area (Å²) < 4.78 is 32.5. The molecule has 0 saturated heterocycles. The van der Waals surface area contributed by atoms with E-state index in [1.54, 1.807) is 0 Å². The Balaban J connectivity index is 2.39. The van der Waals surface area contributed by atoms with E-state index in [0.717, 1.165) is 12.6 Å². The van der Waals surface area contributed by atoms with Crippen molar-refractivity contribution >= 4 is 16.0 Å². The first-order valence-electron chi connectivity index (χ1n) is 6.13. The van der Waals surface area contributed by atoms with Crippen LogP contribution in [0.2, 0.25) is 0 Å². The van der Waals surface area contributed by atoms with Crippen LogP contribution in [0.5, 0.6) is 0 Å². The fraction of sp³-hybridized carbons (Fsp3) is 0.636. The number of ether oxygens (including phenoxy) is 2. The minimum atomic E-state index is -4.03. The summed E-state index contributed by atoms with van der Waals surface area (Å²) in [6, 6.07) is 0. The van der Waals surface area contributed by atoms with Crippen LogP contribution in [0.3, 0.4) is 0 Å². The third kappa shape index (κ3) is 5.27. The van der Waals surface area contributed by atoms with Crippen molar-refractivity contribution in [3.8, 4) is 0 Å². The van der Waals surface area contributed by atoms with E-state index in [2.05, 4.69) is 24.0 Å². The third-order valence-corrected chi connectivity index (χ3v) is 3.29. The van der Waals surface area contributed by atoms with E-state index in [4.69, 9.17) is 14.6 Å². The fourth-order valence-corrected chi connectivity index (χ4v) is 1.95. The molecule has 0 radical (unpaired) electrons. The Morgan fingerprint density at radius 1 is 1.40 bits per heavy atom. The average molecular weight is 305 g/mol. The summed E-state index contributed by atoms with van der Waals surface area (Å²) in [5.74, 6) is -0.268. The van der Waals surface area contributed by atoms with Crippen LogP contribution in [-0.4, -0.2) is 44.4 Å². The van der Waals surface area contributed by atoms with Gasteiger partial charge in [-0.1, -0.05) is 13.8 Å².